The molecule has 0 bridgehead atoms. The summed E-state index contributed by atoms with van der Waals surface area (Å²) in [6.45, 7) is 0. The van der Waals surface area contributed by atoms with Gasteiger partial charge in [0.2, 0.25) is 7.59 Å². The van der Waals surface area contributed by atoms with E-state index in [1.54, 1.807) is 18.2 Å². The van der Waals surface area contributed by atoms with E-state index >= 15 is 0 Å². The van der Waals surface area contributed by atoms with Crippen molar-refractivity contribution in [1.29, 1.82) is 0 Å². The Balaban J connectivity index is 2.55. The molecule has 0 saturated carbocycles. The molecule has 0 radical (unpaired) electrons. The summed E-state index contributed by atoms with van der Waals surface area (Å²) < 4.78 is -0.946. The number of rotatable bonds is 2. The van der Waals surface area contributed by atoms with Gasteiger partial charge in [0, 0.05) is 0 Å². The number of nitrogens with zero attached hydrogens (tertiary/aromatic N) is 3. The Morgan fingerprint density at radius 3 is 2.08 bits per heavy atom. The van der Waals surface area contributed by atoms with Gasteiger partial charge in [0.1, 0.15) is 11.9 Å². The summed E-state index contributed by atoms with van der Waals surface area (Å²) >= 11 is 53.4. The molecule has 1 aliphatic heterocycles. The maximum Gasteiger partial charge on any atom is 0.271 e. The molecule has 2 heterocycles. The average molecular weight is 527 g/mol. The van der Waals surface area contributed by atoms with Crippen molar-refractivity contribution in [3.63, 3.8) is 0 Å². The maximum atomic E-state index is 6.00. The minimum Gasteiger partial charge on any atom is -0.465 e. The lowest BCUT2D eigenvalue weighted by Gasteiger charge is -2.40. The molecule has 0 fully saturated rings. The van der Waals surface area contributed by atoms with Gasteiger partial charge in [0.25, 0.3) is 3.92 Å². The van der Waals surface area contributed by atoms with E-state index in [1.807, 2.05) is 0 Å². The number of amidine groups is 2. The molecule has 0 amide bonds. The van der Waals surface area contributed by atoms with Crippen LogP contribution >= 0.6 is 104 Å². The SMILES string of the molecule is ClC(Cl)(Cl)C1=NC(C=Cc2ccco2)N(C(Cl)(Cl)Cl)C(C(Cl)(Cl)Cl)=N1. The van der Waals surface area contributed by atoms with Crippen LogP contribution in [0.25, 0.3) is 6.08 Å². The maximum absolute atomic E-state index is 6.00. The Hall–Kier alpha value is 0.770. The summed E-state index contributed by atoms with van der Waals surface area (Å²) in [4.78, 5) is 9.17. The molecule has 0 N–H and O–H groups in total. The largest absolute Gasteiger partial charge is 0.465 e. The molecule has 1 atom stereocenters. The summed E-state index contributed by atoms with van der Waals surface area (Å²) in [5.41, 5.74) is 0. The zero-order chi connectivity index (χ0) is 19.0. The molecule has 25 heavy (non-hydrogen) atoms. The third kappa shape index (κ3) is 5.87. The first-order valence-electron chi connectivity index (χ1n) is 6.19. The van der Waals surface area contributed by atoms with E-state index < -0.39 is 17.7 Å². The molecule has 1 aliphatic rings. The minimum absolute atomic E-state index is 0.238. The Kier molecular flexibility index (Phi) is 7.08. The van der Waals surface area contributed by atoms with Crippen molar-refractivity contribution in [2.24, 2.45) is 9.98 Å². The van der Waals surface area contributed by atoms with Crippen LogP contribution < -0.4 is 0 Å². The second-order valence-corrected chi connectivity index (χ2v) is 11.3. The van der Waals surface area contributed by atoms with Crippen LogP contribution in [-0.4, -0.2) is 34.2 Å². The molecule has 138 valence electrons. The van der Waals surface area contributed by atoms with E-state index in [1.165, 1.54) is 12.3 Å². The van der Waals surface area contributed by atoms with Crippen LogP contribution in [0.2, 0.25) is 0 Å². The van der Waals surface area contributed by atoms with E-state index in [0.717, 1.165) is 4.90 Å². The van der Waals surface area contributed by atoms with E-state index in [-0.39, 0.29) is 11.7 Å². The topological polar surface area (TPSA) is 41.1 Å². The van der Waals surface area contributed by atoms with Gasteiger partial charge >= 0.3 is 0 Å². The molecule has 1 aromatic rings. The first kappa shape index (κ1) is 22.1. The third-order valence-corrected chi connectivity index (χ3v) is 4.28. The highest BCUT2D eigenvalue weighted by molar-refractivity contribution is 6.79. The lowest BCUT2D eigenvalue weighted by atomic mass is 10.3. The lowest BCUT2D eigenvalue weighted by Crippen LogP contribution is -2.54. The number of alkyl halides is 9. The van der Waals surface area contributed by atoms with Gasteiger partial charge in [-0.15, -0.1) is 0 Å². The van der Waals surface area contributed by atoms with Gasteiger partial charge in [-0.3, -0.25) is 4.90 Å². The van der Waals surface area contributed by atoms with Crippen LogP contribution in [-0.2, 0) is 0 Å². The zero-order valence-corrected chi connectivity index (χ0v) is 18.4. The van der Waals surface area contributed by atoms with Gasteiger partial charge in [-0.2, -0.15) is 0 Å². The number of hydrogen-bond donors (Lipinski definition) is 0. The molecule has 1 aromatic heterocycles. The van der Waals surface area contributed by atoms with Crippen LogP contribution in [0, 0.1) is 0 Å². The number of furan rings is 1. The van der Waals surface area contributed by atoms with Crippen LogP contribution in [0.15, 0.2) is 38.9 Å². The summed E-state index contributed by atoms with van der Waals surface area (Å²) in [5.74, 6) is -0.00538. The molecule has 13 heteroatoms. The van der Waals surface area contributed by atoms with Crippen LogP contribution in [0.4, 0.5) is 0 Å². The second kappa shape index (κ2) is 8.02. The molecular formula is C12H6Cl9N3O. The van der Waals surface area contributed by atoms with Gasteiger partial charge in [0.15, 0.2) is 11.7 Å². The van der Waals surface area contributed by atoms with Crippen molar-refractivity contribution >= 4 is 122 Å². The lowest BCUT2D eigenvalue weighted by molar-refractivity contribution is 0.361. The van der Waals surface area contributed by atoms with E-state index in [4.69, 9.17) is 109 Å². The summed E-state index contributed by atoms with van der Waals surface area (Å²) in [7, 11) is 0. The van der Waals surface area contributed by atoms with Crippen molar-refractivity contribution in [2.75, 3.05) is 0 Å². The van der Waals surface area contributed by atoms with E-state index in [9.17, 15) is 0 Å². The Labute approximate surface area is 188 Å². The van der Waals surface area contributed by atoms with E-state index in [2.05, 4.69) is 9.98 Å². The average Bonchev–Trinajstić information content (AvgIpc) is 2.94. The van der Waals surface area contributed by atoms with Gasteiger partial charge < -0.3 is 4.42 Å². The summed E-state index contributed by atoms with van der Waals surface area (Å²) in [6, 6.07) is 3.39. The Morgan fingerprint density at radius 1 is 1.00 bits per heavy atom. The minimum atomic E-state index is -2.09. The summed E-state index contributed by atoms with van der Waals surface area (Å²) in [5, 5.41) is 0. The zero-order valence-electron chi connectivity index (χ0n) is 11.6. The highest BCUT2D eigenvalue weighted by atomic mass is 35.6. The Bertz CT molecular complexity index is 695. The van der Waals surface area contributed by atoms with Gasteiger partial charge in [-0.25, -0.2) is 9.98 Å². The predicted octanol–water partition coefficient (Wildman–Crippen LogP) is 6.80. The first-order chi connectivity index (χ1) is 11.3. The van der Waals surface area contributed by atoms with Crippen molar-refractivity contribution < 1.29 is 4.42 Å². The summed E-state index contributed by atoms with van der Waals surface area (Å²) in [6.07, 6.45) is 3.54. The highest BCUT2D eigenvalue weighted by Crippen LogP contribution is 2.43. The number of aliphatic imine (C=N–C) groups is 2. The molecule has 0 saturated heterocycles. The van der Waals surface area contributed by atoms with Gasteiger partial charge in [-0.05, 0) is 24.3 Å². The quantitative estimate of drug-likeness (QED) is 0.314. The first-order valence-corrected chi connectivity index (χ1v) is 9.59. The van der Waals surface area contributed by atoms with Crippen molar-refractivity contribution in [3.05, 3.63) is 30.2 Å². The molecule has 0 aromatic carbocycles. The van der Waals surface area contributed by atoms with Gasteiger partial charge in [0.05, 0.1) is 6.26 Å². The standard InChI is InChI=1S/C12H6Cl9N3O/c13-10(14,15)8-22-7(4-3-6-2-1-5-25-6)24(12(19,20)21)9(23-8)11(16,17)18/h1-5,7H. The second-order valence-electron chi connectivity index (χ2n) is 4.51. The molecule has 1 unspecified atom stereocenters. The third-order valence-electron chi connectivity index (χ3n) is 2.72. The fourth-order valence-electron chi connectivity index (χ4n) is 1.79. The molecule has 0 aliphatic carbocycles. The van der Waals surface area contributed by atoms with Crippen molar-refractivity contribution in [1.82, 2.24) is 4.90 Å². The van der Waals surface area contributed by atoms with Crippen molar-refractivity contribution in [3.8, 4) is 0 Å². The normalized spacial score (nSPS) is 20.0. The number of hydrogen-bond acceptors (Lipinski definition) is 4. The van der Waals surface area contributed by atoms with Crippen LogP contribution in [0.5, 0.6) is 0 Å². The number of halogens is 9. The molecule has 2 rings (SSSR count). The van der Waals surface area contributed by atoms with E-state index in [0.29, 0.717) is 5.76 Å². The molecular weight excluding hydrogens is 521 g/mol. The fourth-order valence-corrected chi connectivity index (χ4v) is 3.01. The van der Waals surface area contributed by atoms with Crippen LogP contribution in [0.3, 0.4) is 0 Å². The molecule has 4 nitrogen and oxygen atoms in total. The molecule has 0 spiro atoms. The predicted molar refractivity (Wildman–Crippen MR) is 109 cm³/mol. The van der Waals surface area contributed by atoms with Crippen LogP contribution in [0.1, 0.15) is 5.76 Å². The fraction of sp³-hybridized carbons (Fsp3) is 0.333. The highest BCUT2D eigenvalue weighted by Gasteiger charge is 2.48. The monoisotopic (exact) mass is 523 g/mol. The Morgan fingerprint density at radius 2 is 1.64 bits per heavy atom. The van der Waals surface area contributed by atoms with Gasteiger partial charge in [-0.1, -0.05) is 104 Å². The van der Waals surface area contributed by atoms with Crippen molar-refractivity contribution in [2.45, 2.75) is 17.7 Å². The smallest absolute Gasteiger partial charge is 0.271 e.